The van der Waals surface area contributed by atoms with Gasteiger partial charge in [-0.25, -0.2) is 0 Å². The topological polar surface area (TPSA) is 136 Å². The number of nitrogens with zero attached hydrogens (tertiary/aromatic N) is 2. The lowest BCUT2D eigenvalue weighted by Gasteiger charge is -2.23. The molecular formula is C14H24N2O6. The van der Waals surface area contributed by atoms with E-state index in [-0.39, 0.29) is 13.0 Å². The Labute approximate surface area is 129 Å². The van der Waals surface area contributed by atoms with Crippen molar-refractivity contribution in [3.63, 3.8) is 0 Å². The highest BCUT2D eigenvalue weighted by atomic mass is 16.5. The first-order valence-electron chi connectivity index (χ1n) is 7.03. The number of aliphatic hydroxyl groups is 5. The number of aromatic nitrogens is 2. The summed E-state index contributed by atoms with van der Waals surface area (Å²) in [7, 11) is 1.43. The second kappa shape index (κ2) is 9.09. The van der Waals surface area contributed by atoms with Crippen LogP contribution in [0.5, 0.6) is 0 Å². The molecule has 22 heavy (non-hydrogen) atoms. The van der Waals surface area contributed by atoms with E-state index in [1.165, 1.54) is 19.5 Å². The van der Waals surface area contributed by atoms with Gasteiger partial charge in [-0.3, -0.25) is 9.97 Å². The summed E-state index contributed by atoms with van der Waals surface area (Å²) < 4.78 is 4.79. The minimum Gasteiger partial charge on any atom is -0.394 e. The molecule has 0 saturated carbocycles. The van der Waals surface area contributed by atoms with Crippen molar-refractivity contribution in [3.8, 4) is 0 Å². The number of methoxy groups -OCH3 is 1. The summed E-state index contributed by atoms with van der Waals surface area (Å²) in [6, 6.07) is 0. The van der Waals surface area contributed by atoms with Gasteiger partial charge in [0.15, 0.2) is 0 Å². The maximum atomic E-state index is 9.99. The van der Waals surface area contributed by atoms with Gasteiger partial charge in [-0.1, -0.05) is 6.92 Å². The minimum absolute atomic E-state index is 0.0161. The van der Waals surface area contributed by atoms with Gasteiger partial charge in [0.1, 0.15) is 12.2 Å². The second-order valence-electron chi connectivity index (χ2n) is 5.26. The molecule has 1 rings (SSSR count). The molecule has 5 unspecified atom stereocenters. The zero-order chi connectivity index (χ0) is 16.7. The van der Waals surface area contributed by atoms with Gasteiger partial charge < -0.3 is 30.3 Å². The molecule has 0 aromatic carbocycles. The summed E-state index contributed by atoms with van der Waals surface area (Å²) in [4.78, 5) is 8.26. The van der Waals surface area contributed by atoms with E-state index in [0.29, 0.717) is 11.4 Å². The third-order valence-corrected chi connectivity index (χ3v) is 3.49. The van der Waals surface area contributed by atoms with Crippen LogP contribution in [-0.4, -0.2) is 80.2 Å². The van der Waals surface area contributed by atoms with E-state index >= 15 is 0 Å². The molecule has 0 aliphatic heterocycles. The maximum Gasteiger partial charge on any atom is 0.104 e. The smallest absolute Gasteiger partial charge is 0.104 e. The first-order chi connectivity index (χ1) is 10.4. The van der Waals surface area contributed by atoms with Crippen molar-refractivity contribution in [2.75, 3.05) is 20.3 Å². The van der Waals surface area contributed by atoms with Crippen molar-refractivity contribution in [2.24, 2.45) is 0 Å². The molecule has 0 radical (unpaired) electrons. The highest BCUT2D eigenvalue weighted by Gasteiger charge is 2.25. The summed E-state index contributed by atoms with van der Waals surface area (Å²) in [5.41, 5.74) is 0.937. The second-order valence-corrected chi connectivity index (χ2v) is 5.26. The highest BCUT2D eigenvalue weighted by Crippen LogP contribution is 2.19. The van der Waals surface area contributed by atoms with Gasteiger partial charge in [0.05, 0.1) is 36.8 Å². The average Bonchev–Trinajstić information content (AvgIpc) is 2.53. The Hall–Kier alpha value is -1.16. The first kappa shape index (κ1) is 18.9. The molecule has 1 aromatic heterocycles. The van der Waals surface area contributed by atoms with Crippen LogP contribution in [0.2, 0.25) is 0 Å². The Kier molecular flexibility index (Phi) is 7.80. The molecule has 5 atom stereocenters. The van der Waals surface area contributed by atoms with Gasteiger partial charge in [-0.2, -0.15) is 0 Å². The van der Waals surface area contributed by atoms with E-state index in [1.54, 1.807) is 6.92 Å². The van der Waals surface area contributed by atoms with E-state index in [4.69, 9.17) is 9.84 Å². The zero-order valence-corrected chi connectivity index (χ0v) is 12.7. The number of ether oxygens (including phenoxy) is 1. The number of hydrogen-bond acceptors (Lipinski definition) is 8. The summed E-state index contributed by atoms with van der Waals surface area (Å²) >= 11 is 0. The van der Waals surface area contributed by atoms with Crippen LogP contribution in [0.15, 0.2) is 12.4 Å². The van der Waals surface area contributed by atoms with Crippen LogP contribution in [0, 0.1) is 0 Å². The molecule has 0 fully saturated rings. The number of rotatable bonds is 9. The highest BCUT2D eigenvalue weighted by molar-refractivity contribution is 5.10. The number of aliphatic hydroxyl groups excluding tert-OH is 5. The Morgan fingerprint density at radius 3 is 2.23 bits per heavy atom. The molecule has 126 valence electrons. The van der Waals surface area contributed by atoms with Gasteiger partial charge in [0, 0.05) is 31.8 Å². The fourth-order valence-corrected chi connectivity index (χ4v) is 1.95. The Bertz CT molecular complexity index is 430. The van der Waals surface area contributed by atoms with Gasteiger partial charge >= 0.3 is 0 Å². The van der Waals surface area contributed by atoms with Crippen molar-refractivity contribution < 1.29 is 30.3 Å². The van der Waals surface area contributed by atoms with Crippen LogP contribution in [0.1, 0.15) is 24.2 Å². The first-order valence-corrected chi connectivity index (χ1v) is 7.03. The zero-order valence-electron chi connectivity index (χ0n) is 12.7. The van der Waals surface area contributed by atoms with Crippen LogP contribution in [0.4, 0.5) is 0 Å². The van der Waals surface area contributed by atoms with E-state index in [2.05, 4.69) is 9.97 Å². The van der Waals surface area contributed by atoms with Gasteiger partial charge in [0.25, 0.3) is 0 Å². The number of hydrogen-bond donors (Lipinski definition) is 5. The van der Waals surface area contributed by atoms with Gasteiger partial charge in [0.2, 0.25) is 0 Å². The van der Waals surface area contributed by atoms with E-state index < -0.39 is 36.9 Å². The molecule has 0 bridgehead atoms. The summed E-state index contributed by atoms with van der Waals surface area (Å²) in [6.07, 6.45) is -1.50. The largest absolute Gasteiger partial charge is 0.394 e. The van der Waals surface area contributed by atoms with E-state index in [9.17, 15) is 20.4 Å². The maximum absolute atomic E-state index is 9.99. The molecule has 8 nitrogen and oxygen atoms in total. The van der Waals surface area contributed by atoms with Crippen LogP contribution in [0.3, 0.4) is 0 Å². The quantitative estimate of drug-likeness (QED) is 0.360. The van der Waals surface area contributed by atoms with Crippen LogP contribution in [-0.2, 0) is 11.2 Å². The lowest BCUT2D eigenvalue weighted by molar-refractivity contribution is -0.0358. The Morgan fingerprint density at radius 2 is 1.73 bits per heavy atom. The molecule has 0 saturated heterocycles. The van der Waals surface area contributed by atoms with Crippen molar-refractivity contribution in [2.45, 2.75) is 43.7 Å². The molecule has 0 amide bonds. The average molecular weight is 316 g/mol. The van der Waals surface area contributed by atoms with Crippen molar-refractivity contribution in [1.29, 1.82) is 0 Å². The molecule has 5 N–H and O–H groups in total. The van der Waals surface area contributed by atoms with Gasteiger partial charge in [-0.05, 0) is 0 Å². The minimum atomic E-state index is -1.23. The Balaban J connectivity index is 2.67. The monoisotopic (exact) mass is 316 g/mol. The van der Waals surface area contributed by atoms with Crippen LogP contribution < -0.4 is 0 Å². The normalized spacial score (nSPS) is 18.5. The van der Waals surface area contributed by atoms with Crippen molar-refractivity contribution >= 4 is 0 Å². The fourth-order valence-electron chi connectivity index (χ4n) is 1.95. The molecular weight excluding hydrogens is 292 g/mol. The summed E-state index contributed by atoms with van der Waals surface area (Å²) in [6.45, 7) is 1.19. The summed E-state index contributed by atoms with van der Waals surface area (Å²) in [5.74, 6) is -0.445. The van der Waals surface area contributed by atoms with E-state index in [0.717, 1.165) is 0 Å². The molecule has 1 heterocycles. The lowest BCUT2D eigenvalue weighted by Crippen LogP contribution is -2.34. The predicted molar refractivity (Wildman–Crippen MR) is 77.1 cm³/mol. The SMILES string of the molecule is COCC(O)C(O)C(C)c1cnc(CC(O)C(O)CO)cn1. The standard InChI is InChI=1S/C14H24N2O6/c1-8(14(21)13(20)7-22-2)10-5-15-9(4-16-10)3-11(18)12(19)6-17/h4-5,8,11-14,17-21H,3,6-7H2,1-2H3. The van der Waals surface area contributed by atoms with Crippen LogP contribution in [0.25, 0.3) is 0 Å². The third-order valence-electron chi connectivity index (χ3n) is 3.49. The predicted octanol–water partition coefficient (Wildman–Crippen LogP) is -1.80. The van der Waals surface area contributed by atoms with Crippen LogP contribution >= 0.6 is 0 Å². The Morgan fingerprint density at radius 1 is 1.05 bits per heavy atom. The summed E-state index contributed by atoms with van der Waals surface area (Å²) in [5, 5.41) is 47.3. The van der Waals surface area contributed by atoms with E-state index in [1.807, 2.05) is 0 Å². The molecule has 1 aromatic rings. The fraction of sp³-hybridized carbons (Fsp3) is 0.714. The molecule has 8 heteroatoms. The molecule has 0 spiro atoms. The molecule has 0 aliphatic rings. The molecule has 0 aliphatic carbocycles. The van der Waals surface area contributed by atoms with Crippen molar-refractivity contribution in [3.05, 3.63) is 23.8 Å². The van der Waals surface area contributed by atoms with Crippen molar-refractivity contribution in [1.82, 2.24) is 9.97 Å². The third kappa shape index (κ3) is 5.24. The van der Waals surface area contributed by atoms with Gasteiger partial charge in [-0.15, -0.1) is 0 Å². The lowest BCUT2D eigenvalue weighted by atomic mass is 9.97.